The second kappa shape index (κ2) is 6.75. The summed E-state index contributed by atoms with van der Waals surface area (Å²) in [6, 6.07) is 1.82. The Kier molecular flexibility index (Phi) is 5.11. The van der Waals surface area contributed by atoms with Gasteiger partial charge in [-0.2, -0.15) is 0 Å². The van der Waals surface area contributed by atoms with Gasteiger partial charge in [0.15, 0.2) is 11.6 Å². The fraction of sp³-hybridized carbons (Fsp3) is 0.529. The molecule has 1 saturated heterocycles. The van der Waals surface area contributed by atoms with Crippen LogP contribution in [0.5, 0.6) is 0 Å². The Morgan fingerprint density at radius 1 is 1.25 bits per heavy atom. The largest absolute Gasteiger partial charge is 0.444 e. The van der Waals surface area contributed by atoms with Gasteiger partial charge >= 0.3 is 6.09 Å². The summed E-state index contributed by atoms with van der Waals surface area (Å²) in [4.78, 5) is 25.3. The Bertz CT molecular complexity index is 656. The number of benzene rings is 1. The molecule has 24 heavy (non-hydrogen) atoms. The SMILES string of the molecule is CC(C)(C)OC(=O)N1CCCC(c2cc(F)c(F)cc2C(N)=O)C1. The maximum Gasteiger partial charge on any atom is 0.410 e. The van der Waals surface area contributed by atoms with Gasteiger partial charge in [0.25, 0.3) is 0 Å². The van der Waals surface area contributed by atoms with E-state index in [0.29, 0.717) is 24.9 Å². The van der Waals surface area contributed by atoms with Gasteiger partial charge in [-0.3, -0.25) is 4.79 Å². The highest BCUT2D eigenvalue weighted by Crippen LogP contribution is 2.31. The maximum absolute atomic E-state index is 13.6. The second-order valence-corrected chi connectivity index (χ2v) is 6.98. The molecule has 0 saturated carbocycles. The lowest BCUT2D eigenvalue weighted by Gasteiger charge is -2.34. The van der Waals surface area contributed by atoms with Gasteiger partial charge in [-0.25, -0.2) is 13.6 Å². The first-order valence-corrected chi connectivity index (χ1v) is 7.85. The molecule has 1 aromatic carbocycles. The molecule has 2 rings (SSSR count). The lowest BCUT2D eigenvalue weighted by Crippen LogP contribution is -2.42. The summed E-state index contributed by atoms with van der Waals surface area (Å²) in [5.41, 5.74) is 4.94. The first kappa shape index (κ1) is 18.2. The number of carbonyl (C=O) groups is 2. The van der Waals surface area contributed by atoms with Gasteiger partial charge in [-0.15, -0.1) is 0 Å². The zero-order valence-corrected chi connectivity index (χ0v) is 14.1. The van der Waals surface area contributed by atoms with E-state index in [1.165, 1.54) is 4.90 Å². The number of halogens is 2. The summed E-state index contributed by atoms with van der Waals surface area (Å²) in [5, 5.41) is 0. The number of primary amides is 1. The van der Waals surface area contributed by atoms with Crippen molar-refractivity contribution in [3.63, 3.8) is 0 Å². The molecule has 1 aliphatic rings. The third-order valence-electron chi connectivity index (χ3n) is 3.87. The minimum absolute atomic E-state index is 0.0510. The monoisotopic (exact) mass is 340 g/mol. The van der Waals surface area contributed by atoms with Crippen molar-refractivity contribution >= 4 is 12.0 Å². The molecule has 1 aliphatic heterocycles. The van der Waals surface area contributed by atoms with E-state index in [1.807, 2.05) is 0 Å². The molecule has 1 heterocycles. The maximum atomic E-state index is 13.6. The van der Waals surface area contributed by atoms with Crippen LogP contribution in [0.1, 0.15) is 55.5 Å². The molecule has 1 unspecified atom stereocenters. The van der Waals surface area contributed by atoms with Gasteiger partial charge in [-0.1, -0.05) is 0 Å². The molecule has 1 fully saturated rings. The Morgan fingerprint density at radius 3 is 2.46 bits per heavy atom. The number of amides is 2. The van der Waals surface area contributed by atoms with E-state index in [9.17, 15) is 18.4 Å². The lowest BCUT2D eigenvalue weighted by atomic mass is 9.87. The third-order valence-corrected chi connectivity index (χ3v) is 3.87. The van der Waals surface area contributed by atoms with Crippen molar-refractivity contribution < 1.29 is 23.1 Å². The van der Waals surface area contributed by atoms with Gasteiger partial charge in [0.05, 0.1) is 0 Å². The molecule has 0 aromatic heterocycles. The van der Waals surface area contributed by atoms with Crippen molar-refractivity contribution in [2.75, 3.05) is 13.1 Å². The van der Waals surface area contributed by atoms with Crippen LogP contribution in [0.2, 0.25) is 0 Å². The summed E-state index contributed by atoms with van der Waals surface area (Å²) < 4.78 is 32.4. The predicted molar refractivity (Wildman–Crippen MR) is 84.7 cm³/mol. The first-order chi connectivity index (χ1) is 11.1. The topological polar surface area (TPSA) is 72.6 Å². The number of hydrogen-bond acceptors (Lipinski definition) is 3. The number of nitrogens with two attached hydrogens (primary N) is 1. The minimum atomic E-state index is -1.12. The Hall–Kier alpha value is -2.18. The van der Waals surface area contributed by atoms with Gasteiger partial charge in [0.2, 0.25) is 5.91 Å². The summed E-state index contributed by atoms with van der Waals surface area (Å²) in [6.07, 6.45) is 0.849. The molecule has 0 bridgehead atoms. The van der Waals surface area contributed by atoms with Crippen molar-refractivity contribution in [1.82, 2.24) is 4.90 Å². The molecule has 2 N–H and O–H groups in total. The zero-order valence-electron chi connectivity index (χ0n) is 14.1. The van der Waals surface area contributed by atoms with Crippen LogP contribution < -0.4 is 5.73 Å². The normalized spacial score (nSPS) is 18.4. The first-order valence-electron chi connectivity index (χ1n) is 7.85. The molecule has 0 radical (unpaired) electrons. The van der Waals surface area contributed by atoms with E-state index in [4.69, 9.17) is 10.5 Å². The molecular formula is C17H22F2N2O3. The van der Waals surface area contributed by atoms with Crippen molar-refractivity contribution in [1.29, 1.82) is 0 Å². The Morgan fingerprint density at radius 2 is 1.88 bits per heavy atom. The van der Waals surface area contributed by atoms with Crippen molar-refractivity contribution in [3.05, 3.63) is 34.9 Å². The number of likely N-dealkylation sites (tertiary alicyclic amines) is 1. The van der Waals surface area contributed by atoms with Crippen molar-refractivity contribution in [2.45, 2.75) is 45.1 Å². The highest BCUT2D eigenvalue weighted by atomic mass is 19.2. The van der Waals surface area contributed by atoms with Gasteiger partial charge in [-0.05, 0) is 51.3 Å². The van der Waals surface area contributed by atoms with Crippen molar-refractivity contribution in [2.24, 2.45) is 5.73 Å². The zero-order chi connectivity index (χ0) is 18.1. The molecule has 7 heteroatoms. The fourth-order valence-electron chi connectivity index (χ4n) is 2.84. The van der Waals surface area contributed by atoms with E-state index in [1.54, 1.807) is 20.8 Å². The molecule has 1 aromatic rings. The molecule has 0 spiro atoms. The lowest BCUT2D eigenvalue weighted by molar-refractivity contribution is 0.0198. The molecule has 1 atom stereocenters. The average molecular weight is 340 g/mol. The number of rotatable bonds is 2. The number of carbonyl (C=O) groups excluding carboxylic acids is 2. The highest BCUT2D eigenvalue weighted by molar-refractivity contribution is 5.94. The summed E-state index contributed by atoms with van der Waals surface area (Å²) in [6.45, 7) is 6.09. The van der Waals surface area contributed by atoms with Crippen LogP contribution in [0.25, 0.3) is 0 Å². The molecule has 2 amide bonds. The fourth-order valence-corrected chi connectivity index (χ4v) is 2.84. The molecule has 132 valence electrons. The van der Waals surface area contributed by atoms with Crippen LogP contribution in [0.4, 0.5) is 13.6 Å². The standard InChI is InChI=1S/C17H22F2N2O3/c1-17(2,3)24-16(23)21-6-4-5-10(9-21)11-7-13(18)14(19)8-12(11)15(20)22/h7-8,10H,4-6,9H2,1-3H3,(H2,20,22). The van der Waals surface area contributed by atoms with Crippen LogP contribution >= 0.6 is 0 Å². The van der Waals surface area contributed by atoms with Crippen LogP contribution in [-0.2, 0) is 4.74 Å². The van der Waals surface area contributed by atoms with E-state index in [-0.39, 0.29) is 18.0 Å². The van der Waals surface area contributed by atoms with Crippen molar-refractivity contribution in [3.8, 4) is 0 Å². The van der Waals surface area contributed by atoms with Crippen LogP contribution in [0.15, 0.2) is 12.1 Å². The van der Waals surface area contributed by atoms with Gasteiger partial charge in [0.1, 0.15) is 5.60 Å². The average Bonchev–Trinajstić information content (AvgIpc) is 2.47. The Labute approximate surface area is 139 Å². The van der Waals surface area contributed by atoms with E-state index in [0.717, 1.165) is 12.1 Å². The predicted octanol–water partition coefficient (Wildman–Crippen LogP) is 3.18. The van der Waals surface area contributed by atoms with E-state index < -0.39 is 29.2 Å². The van der Waals surface area contributed by atoms with Gasteiger partial charge < -0.3 is 15.4 Å². The quantitative estimate of drug-likeness (QED) is 0.899. The minimum Gasteiger partial charge on any atom is -0.444 e. The van der Waals surface area contributed by atoms with Crippen LogP contribution in [0, 0.1) is 11.6 Å². The number of nitrogens with zero attached hydrogens (tertiary/aromatic N) is 1. The second-order valence-electron chi connectivity index (χ2n) is 6.98. The van der Waals surface area contributed by atoms with E-state index >= 15 is 0 Å². The molecule has 5 nitrogen and oxygen atoms in total. The highest BCUT2D eigenvalue weighted by Gasteiger charge is 2.30. The Balaban J connectivity index is 2.25. The number of piperidine rings is 1. The van der Waals surface area contributed by atoms with Gasteiger partial charge in [0, 0.05) is 24.6 Å². The number of hydrogen-bond donors (Lipinski definition) is 1. The molecular weight excluding hydrogens is 318 g/mol. The molecule has 0 aliphatic carbocycles. The van der Waals surface area contributed by atoms with Crippen LogP contribution in [0.3, 0.4) is 0 Å². The summed E-state index contributed by atoms with van der Waals surface area (Å²) in [5.74, 6) is -3.28. The smallest absolute Gasteiger partial charge is 0.410 e. The van der Waals surface area contributed by atoms with E-state index in [2.05, 4.69) is 0 Å². The summed E-state index contributed by atoms with van der Waals surface area (Å²) >= 11 is 0. The summed E-state index contributed by atoms with van der Waals surface area (Å²) in [7, 11) is 0. The third kappa shape index (κ3) is 4.21. The van der Waals surface area contributed by atoms with Crippen LogP contribution in [-0.4, -0.2) is 35.6 Å². The number of ether oxygens (including phenoxy) is 1.